The third-order valence-corrected chi connectivity index (χ3v) is 3.07. The summed E-state index contributed by atoms with van der Waals surface area (Å²) < 4.78 is 5.49. The highest BCUT2D eigenvalue weighted by Gasteiger charge is 2.10. The Morgan fingerprint density at radius 3 is 3.05 bits per heavy atom. The molecule has 2 aromatic rings. The van der Waals surface area contributed by atoms with Gasteiger partial charge in [0.05, 0.1) is 12.2 Å². The second-order valence-corrected chi connectivity index (χ2v) is 4.61. The Bertz CT molecular complexity index is 552. The Morgan fingerprint density at radius 1 is 1.50 bits per heavy atom. The van der Waals surface area contributed by atoms with Crippen molar-refractivity contribution >= 4 is 5.91 Å². The maximum atomic E-state index is 11.8. The number of aromatic nitrogens is 2. The minimum atomic E-state index is -0.152. The summed E-state index contributed by atoms with van der Waals surface area (Å²) in [6.45, 7) is 3.99. The molecule has 0 saturated carbocycles. The fraction of sp³-hybridized carbons (Fsp3) is 0.333. The highest BCUT2D eigenvalue weighted by atomic mass is 16.5. The van der Waals surface area contributed by atoms with Gasteiger partial charge in [-0.3, -0.25) is 9.89 Å². The van der Waals surface area contributed by atoms with Crippen LogP contribution in [0.3, 0.4) is 0 Å². The van der Waals surface area contributed by atoms with E-state index >= 15 is 0 Å². The summed E-state index contributed by atoms with van der Waals surface area (Å²) in [5.41, 5.74) is 2.13. The van der Waals surface area contributed by atoms with Gasteiger partial charge in [-0.2, -0.15) is 5.10 Å². The fourth-order valence-corrected chi connectivity index (χ4v) is 1.87. The van der Waals surface area contributed by atoms with Crippen LogP contribution < -0.4 is 10.1 Å². The Kier molecular flexibility index (Phi) is 4.76. The van der Waals surface area contributed by atoms with Crippen LogP contribution in [0.2, 0.25) is 0 Å². The van der Waals surface area contributed by atoms with Crippen LogP contribution in [-0.4, -0.2) is 22.7 Å². The average molecular weight is 273 g/mol. The molecule has 1 atom stereocenters. The first-order chi connectivity index (χ1) is 9.69. The number of aromatic amines is 1. The lowest BCUT2D eigenvalue weighted by atomic mass is 10.2. The first-order valence-corrected chi connectivity index (χ1v) is 6.69. The largest absolute Gasteiger partial charge is 0.484 e. The summed E-state index contributed by atoms with van der Waals surface area (Å²) in [5.74, 6) is 0.566. The molecule has 5 nitrogen and oxygen atoms in total. The van der Waals surface area contributed by atoms with Crippen molar-refractivity contribution in [1.29, 1.82) is 0 Å². The third kappa shape index (κ3) is 3.85. The van der Waals surface area contributed by atoms with Gasteiger partial charge in [0, 0.05) is 11.8 Å². The van der Waals surface area contributed by atoms with Crippen molar-refractivity contribution in [2.45, 2.75) is 26.3 Å². The Hall–Kier alpha value is -2.30. The van der Waals surface area contributed by atoms with Crippen LogP contribution in [-0.2, 0) is 11.2 Å². The topological polar surface area (TPSA) is 67.0 Å². The van der Waals surface area contributed by atoms with E-state index < -0.39 is 0 Å². The van der Waals surface area contributed by atoms with Crippen LogP contribution in [0, 0.1) is 0 Å². The lowest BCUT2D eigenvalue weighted by Crippen LogP contribution is -2.31. The number of ether oxygens (including phenoxy) is 1. The highest BCUT2D eigenvalue weighted by molar-refractivity contribution is 5.78. The van der Waals surface area contributed by atoms with Crippen LogP contribution in [0.15, 0.2) is 36.7 Å². The lowest BCUT2D eigenvalue weighted by molar-refractivity contribution is -0.123. The van der Waals surface area contributed by atoms with Crippen LogP contribution in [0.25, 0.3) is 0 Å². The standard InChI is InChI=1S/C15H19N3O2/c1-3-12-5-4-6-14(7-12)20-10-15(19)18-11(2)13-8-16-17-9-13/h4-9,11H,3,10H2,1-2H3,(H,16,17)(H,18,19). The van der Waals surface area contributed by atoms with Crippen molar-refractivity contribution in [3.63, 3.8) is 0 Å². The zero-order valence-electron chi connectivity index (χ0n) is 11.7. The van der Waals surface area contributed by atoms with Gasteiger partial charge < -0.3 is 10.1 Å². The molecule has 20 heavy (non-hydrogen) atoms. The first-order valence-electron chi connectivity index (χ1n) is 6.69. The maximum Gasteiger partial charge on any atom is 0.258 e. The number of carbonyl (C=O) groups excluding carboxylic acids is 1. The Balaban J connectivity index is 1.83. The molecule has 0 spiro atoms. The minimum absolute atomic E-state index is 0.00928. The minimum Gasteiger partial charge on any atom is -0.484 e. The number of aryl methyl sites for hydroxylation is 1. The van der Waals surface area contributed by atoms with E-state index in [-0.39, 0.29) is 18.6 Å². The van der Waals surface area contributed by atoms with Gasteiger partial charge in [-0.1, -0.05) is 19.1 Å². The number of nitrogens with zero attached hydrogens (tertiary/aromatic N) is 1. The van der Waals surface area contributed by atoms with Gasteiger partial charge in [-0.05, 0) is 31.0 Å². The van der Waals surface area contributed by atoms with Crippen LogP contribution in [0.5, 0.6) is 5.75 Å². The van der Waals surface area contributed by atoms with E-state index in [1.54, 1.807) is 12.4 Å². The van der Waals surface area contributed by atoms with Gasteiger partial charge >= 0.3 is 0 Å². The zero-order chi connectivity index (χ0) is 14.4. The maximum absolute atomic E-state index is 11.8. The molecule has 1 aromatic heterocycles. The second kappa shape index (κ2) is 6.75. The van der Waals surface area contributed by atoms with Crippen LogP contribution >= 0.6 is 0 Å². The summed E-state index contributed by atoms with van der Waals surface area (Å²) in [6.07, 6.45) is 4.40. The van der Waals surface area contributed by atoms with Crippen molar-refractivity contribution in [2.24, 2.45) is 0 Å². The molecule has 0 aliphatic rings. The molecule has 0 fully saturated rings. The van der Waals surface area contributed by atoms with Crippen molar-refractivity contribution in [2.75, 3.05) is 6.61 Å². The van der Waals surface area contributed by atoms with Crippen LogP contribution in [0.1, 0.15) is 31.0 Å². The molecule has 0 radical (unpaired) electrons. The van der Waals surface area contributed by atoms with E-state index in [9.17, 15) is 4.79 Å². The molecule has 1 aromatic carbocycles. The number of amides is 1. The van der Waals surface area contributed by atoms with Gasteiger partial charge in [0.1, 0.15) is 5.75 Å². The SMILES string of the molecule is CCc1cccc(OCC(=O)NC(C)c2cn[nH]c2)c1. The number of carbonyl (C=O) groups is 1. The zero-order valence-corrected chi connectivity index (χ0v) is 11.7. The van der Waals surface area contributed by atoms with Crippen molar-refractivity contribution in [3.8, 4) is 5.75 Å². The quantitative estimate of drug-likeness (QED) is 0.848. The molecular weight excluding hydrogens is 254 g/mol. The predicted molar refractivity (Wildman–Crippen MR) is 76.5 cm³/mol. The molecule has 0 bridgehead atoms. The smallest absolute Gasteiger partial charge is 0.258 e. The molecule has 2 N–H and O–H groups in total. The lowest BCUT2D eigenvalue weighted by Gasteiger charge is -2.13. The summed E-state index contributed by atoms with van der Waals surface area (Å²) >= 11 is 0. The summed E-state index contributed by atoms with van der Waals surface area (Å²) in [5, 5.41) is 9.43. The number of H-pyrrole nitrogens is 1. The predicted octanol–water partition coefficient (Wildman–Crippen LogP) is 2.23. The number of benzene rings is 1. The van der Waals surface area contributed by atoms with E-state index in [2.05, 4.69) is 22.4 Å². The first kappa shape index (κ1) is 14.1. The van der Waals surface area contributed by atoms with Gasteiger partial charge in [0.2, 0.25) is 0 Å². The van der Waals surface area contributed by atoms with E-state index in [1.165, 1.54) is 5.56 Å². The molecule has 1 amide bonds. The van der Waals surface area contributed by atoms with E-state index in [0.29, 0.717) is 0 Å². The van der Waals surface area contributed by atoms with Gasteiger partial charge in [-0.25, -0.2) is 0 Å². The molecule has 1 unspecified atom stereocenters. The summed E-state index contributed by atoms with van der Waals surface area (Å²) in [6, 6.07) is 7.68. The molecule has 1 heterocycles. The molecule has 5 heteroatoms. The number of hydrogen-bond acceptors (Lipinski definition) is 3. The fourth-order valence-electron chi connectivity index (χ4n) is 1.87. The number of nitrogens with one attached hydrogen (secondary N) is 2. The molecule has 106 valence electrons. The monoisotopic (exact) mass is 273 g/mol. The van der Waals surface area contributed by atoms with Crippen molar-refractivity contribution < 1.29 is 9.53 Å². The average Bonchev–Trinajstić information content (AvgIpc) is 2.99. The third-order valence-electron chi connectivity index (χ3n) is 3.07. The van der Waals surface area contributed by atoms with E-state index in [1.807, 2.05) is 31.2 Å². The second-order valence-electron chi connectivity index (χ2n) is 4.61. The van der Waals surface area contributed by atoms with Gasteiger partial charge in [0.25, 0.3) is 5.91 Å². The normalized spacial score (nSPS) is 11.9. The van der Waals surface area contributed by atoms with Crippen LogP contribution in [0.4, 0.5) is 0 Å². The molecular formula is C15H19N3O2. The number of rotatable bonds is 6. The summed E-state index contributed by atoms with van der Waals surface area (Å²) in [4.78, 5) is 11.8. The van der Waals surface area contributed by atoms with Crippen molar-refractivity contribution in [3.05, 3.63) is 47.8 Å². The van der Waals surface area contributed by atoms with E-state index in [4.69, 9.17) is 4.74 Å². The molecule has 0 aliphatic heterocycles. The Morgan fingerprint density at radius 2 is 2.35 bits per heavy atom. The highest BCUT2D eigenvalue weighted by Crippen LogP contribution is 2.14. The summed E-state index contributed by atoms with van der Waals surface area (Å²) in [7, 11) is 0. The van der Waals surface area contributed by atoms with Gasteiger partial charge in [0.15, 0.2) is 6.61 Å². The van der Waals surface area contributed by atoms with E-state index in [0.717, 1.165) is 17.7 Å². The Labute approximate surface area is 118 Å². The van der Waals surface area contributed by atoms with Crippen molar-refractivity contribution in [1.82, 2.24) is 15.5 Å². The molecule has 0 saturated heterocycles. The van der Waals surface area contributed by atoms with Gasteiger partial charge in [-0.15, -0.1) is 0 Å². The molecule has 2 rings (SSSR count). The number of hydrogen-bond donors (Lipinski definition) is 2. The molecule has 0 aliphatic carbocycles.